The molecule has 2 amide bonds. The second-order valence-electron chi connectivity index (χ2n) is 5.17. The number of rotatable bonds is 0. The van der Waals surface area contributed by atoms with Crippen molar-refractivity contribution in [1.82, 2.24) is 9.80 Å². The summed E-state index contributed by atoms with van der Waals surface area (Å²) in [5.41, 5.74) is 0. The van der Waals surface area contributed by atoms with Crippen LogP contribution in [0.3, 0.4) is 0 Å². The van der Waals surface area contributed by atoms with Crippen molar-refractivity contribution in [2.75, 3.05) is 26.2 Å². The second kappa shape index (κ2) is 4.42. The van der Waals surface area contributed by atoms with Crippen LogP contribution >= 0.6 is 0 Å². The highest BCUT2D eigenvalue weighted by molar-refractivity contribution is 5.74. The molecule has 0 aromatic rings. The van der Waals surface area contributed by atoms with E-state index in [1.54, 1.807) is 0 Å². The van der Waals surface area contributed by atoms with Gasteiger partial charge < -0.3 is 9.80 Å². The van der Waals surface area contributed by atoms with Crippen molar-refractivity contribution < 1.29 is 4.79 Å². The van der Waals surface area contributed by atoms with Gasteiger partial charge in [0.25, 0.3) is 0 Å². The van der Waals surface area contributed by atoms with Crippen molar-refractivity contribution in [3.05, 3.63) is 0 Å². The number of carbonyl (C=O) groups is 1. The van der Waals surface area contributed by atoms with E-state index in [9.17, 15) is 4.79 Å². The first-order valence-corrected chi connectivity index (χ1v) is 6.22. The molecule has 2 saturated heterocycles. The molecule has 0 bridgehead atoms. The maximum Gasteiger partial charge on any atom is 0.320 e. The van der Waals surface area contributed by atoms with E-state index >= 15 is 0 Å². The van der Waals surface area contributed by atoms with Gasteiger partial charge in [-0.1, -0.05) is 13.8 Å². The van der Waals surface area contributed by atoms with Gasteiger partial charge in [0.15, 0.2) is 0 Å². The van der Waals surface area contributed by atoms with Gasteiger partial charge in [-0.05, 0) is 31.1 Å². The smallest absolute Gasteiger partial charge is 0.320 e. The molecule has 3 heteroatoms. The largest absolute Gasteiger partial charge is 0.325 e. The van der Waals surface area contributed by atoms with E-state index < -0.39 is 0 Å². The van der Waals surface area contributed by atoms with E-state index in [1.165, 1.54) is 19.3 Å². The lowest BCUT2D eigenvalue weighted by molar-refractivity contribution is 0.120. The Morgan fingerprint density at radius 1 is 1.00 bits per heavy atom. The highest BCUT2D eigenvalue weighted by atomic mass is 16.2. The van der Waals surface area contributed by atoms with Crippen LogP contribution < -0.4 is 0 Å². The maximum absolute atomic E-state index is 12.1. The second-order valence-corrected chi connectivity index (χ2v) is 5.17. The zero-order valence-corrected chi connectivity index (χ0v) is 9.91. The zero-order valence-electron chi connectivity index (χ0n) is 9.91. The van der Waals surface area contributed by atoms with Gasteiger partial charge in [-0.15, -0.1) is 0 Å². The molecule has 0 radical (unpaired) electrons. The molecular formula is C12H22N2O. The van der Waals surface area contributed by atoms with Crippen LogP contribution in [0.5, 0.6) is 0 Å². The average Bonchev–Trinajstić information content (AvgIpc) is 2.74. The number of hydrogen-bond donors (Lipinski definition) is 0. The molecule has 0 aromatic heterocycles. The molecule has 2 fully saturated rings. The first-order valence-electron chi connectivity index (χ1n) is 6.22. The molecule has 0 saturated carbocycles. The lowest BCUT2D eigenvalue weighted by Crippen LogP contribution is -2.47. The van der Waals surface area contributed by atoms with Crippen molar-refractivity contribution >= 4 is 6.03 Å². The minimum Gasteiger partial charge on any atom is -0.325 e. The minimum atomic E-state index is 0.284. The molecule has 2 atom stereocenters. The quantitative estimate of drug-likeness (QED) is 0.601. The number of piperidine rings is 1. The van der Waals surface area contributed by atoms with Crippen molar-refractivity contribution in [2.24, 2.45) is 11.8 Å². The third-order valence-corrected chi connectivity index (χ3v) is 3.98. The third-order valence-electron chi connectivity index (χ3n) is 3.98. The maximum atomic E-state index is 12.1. The Bertz CT molecular complexity index is 236. The van der Waals surface area contributed by atoms with Gasteiger partial charge in [0, 0.05) is 26.2 Å². The Morgan fingerprint density at radius 3 is 2.27 bits per heavy atom. The summed E-state index contributed by atoms with van der Waals surface area (Å²) in [4.78, 5) is 16.2. The van der Waals surface area contributed by atoms with Crippen molar-refractivity contribution in [3.63, 3.8) is 0 Å². The average molecular weight is 210 g/mol. The number of hydrogen-bond acceptors (Lipinski definition) is 1. The van der Waals surface area contributed by atoms with Crippen LogP contribution in [0.1, 0.15) is 33.1 Å². The predicted octanol–water partition coefficient (Wildman–Crippen LogP) is 2.18. The molecule has 3 nitrogen and oxygen atoms in total. The van der Waals surface area contributed by atoms with Crippen molar-refractivity contribution in [1.29, 1.82) is 0 Å². The monoisotopic (exact) mass is 210 g/mol. The predicted molar refractivity (Wildman–Crippen MR) is 60.7 cm³/mol. The number of amides is 2. The summed E-state index contributed by atoms with van der Waals surface area (Å²) < 4.78 is 0. The normalized spacial score (nSPS) is 32.1. The Kier molecular flexibility index (Phi) is 3.17. The number of urea groups is 1. The molecule has 0 aromatic carbocycles. The van der Waals surface area contributed by atoms with E-state index in [4.69, 9.17) is 0 Å². The van der Waals surface area contributed by atoms with Crippen LogP contribution in [0.15, 0.2) is 0 Å². The minimum absolute atomic E-state index is 0.284. The summed E-state index contributed by atoms with van der Waals surface area (Å²) in [6.45, 7) is 8.41. The van der Waals surface area contributed by atoms with Gasteiger partial charge >= 0.3 is 6.03 Å². The van der Waals surface area contributed by atoms with E-state index in [1.807, 2.05) is 4.90 Å². The fourth-order valence-electron chi connectivity index (χ4n) is 2.55. The molecule has 15 heavy (non-hydrogen) atoms. The Morgan fingerprint density at radius 2 is 1.67 bits per heavy atom. The molecule has 0 aliphatic carbocycles. The molecule has 2 aliphatic heterocycles. The van der Waals surface area contributed by atoms with Crippen LogP contribution in [-0.4, -0.2) is 42.0 Å². The highest BCUT2D eigenvalue weighted by Crippen LogP contribution is 2.23. The van der Waals surface area contributed by atoms with E-state index in [-0.39, 0.29) is 6.03 Å². The fourth-order valence-corrected chi connectivity index (χ4v) is 2.55. The molecule has 2 aliphatic rings. The van der Waals surface area contributed by atoms with Gasteiger partial charge in [-0.25, -0.2) is 4.79 Å². The first-order chi connectivity index (χ1) is 7.18. The van der Waals surface area contributed by atoms with Crippen LogP contribution in [0, 0.1) is 11.8 Å². The molecule has 0 spiro atoms. The number of likely N-dealkylation sites (tertiary alicyclic amines) is 2. The van der Waals surface area contributed by atoms with Crippen LogP contribution in [-0.2, 0) is 0 Å². The highest BCUT2D eigenvalue weighted by Gasteiger charge is 2.29. The number of carbonyl (C=O) groups excluding carboxylic acids is 1. The zero-order chi connectivity index (χ0) is 10.8. The summed E-state index contributed by atoms with van der Waals surface area (Å²) in [6.07, 6.45) is 3.54. The van der Waals surface area contributed by atoms with Gasteiger partial charge in [0.05, 0.1) is 0 Å². The standard InChI is InChI=1S/C12H22N2O/c1-10-5-8-14(9-11(10)2)12(15)13-6-3-4-7-13/h10-11H,3-9H2,1-2H3. The van der Waals surface area contributed by atoms with E-state index in [0.29, 0.717) is 5.92 Å². The Balaban J connectivity index is 1.90. The van der Waals surface area contributed by atoms with Crippen molar-refractivity contribution in [2.45, 2.75) is 33.1 Å². The van der Waals surface area contributed by atoms with E-state index in [2.05, 4.69) is 18.7 Å². The lowest BCUT2D eigenvalue weighted by Gasteiger charge is -2.37. The van der Waals surface area contributed by atoms with Crippen LogP contribution in [0.4, 0.5) is 4.79 Å². The Hall–Kier alpha value is -0.730. The van der Waals surface area contributed by atoms with Crippen LogP contribution in [0.25, 0.3) is 0 Å². The third kappa shape index (κ3) is 2.27. The first kappa shape index (κ1) is 10.8. The van der Waals surface area contributed by atoms with E-state index in [0.717, 1.165) is 32.1 Å². The summed E-state index contributed by atoms with van der Waals surface area (Å²) in [6, 6.07) is 0.284. The molecule has 2 rings (SSSR count). The van der Waals surface area contributed by atoms with Gasteiger partial charge in [0.1, 0.15) is 0 Å². The SMILES string of the molecule is CC1CCN(C(=O)N2CCCC2)CC1C. The summed E-state index contributed by atoms with van der Waals surface area (Å²) in [5, 5.41) is 0. The summed E-state index contributed by atoms with van der Waals surface area (Å²) >= 11 is 0. The number of nitrogens with zero attached hydrogens (tertiary/aromatic N) is 2. The molecular weight excluding hydrogens is 188 g/mol. The molecule has 2 unspecified atom stereocenters. The summed E-state index contributed by atoms with van der Waals surface area (Å²) in [5.74, 6) is 1.43. The van der Waals surface area contributed by atoms with Crippen molar-refractivity contribution in [3.8, 4) is 0 Å². The van der Waals surface area contributed by atoms with Gasteiger partial charge in [-0.3, -0.25) is 0 Å². The van der Waals surface area contributed by atoms with Crippen LogP contribution in [0.2, 0.25) is 0 Å². The lowest BCUT2D eigenvalue weighted by atomic mass is 9.89. The fraction of sp³-hybridized carbons (Fsp3) is 0.917. The van der Waals surface area contributed by atoms with Gasteiger partial charge in [-0.2, -0.15) is 0 Å². The Labute approximate surface area is 92.4 Å². The van der Waals surface area contributed by atoms with Gasteiger partial charge in [0.2, 0.25) is 0 Å². The molecule has 86 valence electrons. The topological polar surface area (TPSA) is 23.6 Å². The summed E-state index contributed by atoms with van der Waals surface area (Å²) in [7, 11) is 0. The molecule has 0 N–H and O–H groups in total. The molecule has 2 heterocycles.